The zero-order chi connectivity index (χ0) is 18.6. The Bertz CT molecular complexity index is 760. The van der Waals surface area contributed by atoms with E-state index in [0.717, 1.165) is 44.7 Å². The fraction of sp³-hybridized carbons (Fsp3) is 0.476. The summed E-state index contributed by atoms with van der Waals surface area (Å²) in [6.07, 6.45) is 7.88. The maximum absolute atomic E-state index is 12.5. The average molecular weight is 365 g/mol. The van der Waals surface area contributed by atoms with Gasteiger partial charge in [0.15, 0.2) is 0 Å². The maximum Gasteiger partial charge on any atom is 0.274 e. The van der Waals surface area contributed by atoms with Crippen LogP contribution in [0, 0.1) is 5.92 Å². The van der Waals surface area contributed by atoms with Crippen LogP contribution in [-0.2, 0) is 0 Å². The Morgan fingerprint density at radius 2 is 1.70 bits per heavy atom. The van der Waals surface area contributed by atoms with Gasteiger partial charge < -0.3 is 15.1 Å². The van der Waals surface area contributed by atoms with Crippen LogP contribution in [0.1, 0.15) is 43.1 Å². The molecule has 0 saturated carbocycles. The summed E-state index contributed by atoms with van der Waals surface area (Å²) in [5, 5.41) is 3.26. The van der Waals surface area contributed by atoms with Crippen molar-refractivity contribution in [1.82, 2.24) is 14.9 Å². The SMILES string of the molecule is CC1CCN(C(=O)c2cnc(Nc3ccc(N4CCCC4)cc3)cn2)CC1. The van der Waals surface area contributed by atoms with Crippen molar-refractivity contribution in [3.8, 4) is 0 Å². The van der Waals surface area contributed by atoms with E-state index in [9.17, 15) is 4.79 Å². The standard InChI is InChI=1S/C21H27N5O/c1-16-8-12-26(13-9-16)21(27)19-14-23-20(15-22-19)24-17-4-6-18(7-5-17)25-10-2-3-11-25/h4-7,14-16H,2-3,8-13H2,1H3,(H,23,24). The number of carbonyl (C=O) groups excluding carboxylic acids is 1. The number of amides is 1. The fourth-order valence-corrected chi connectivity index (χ4v) is 3.76. The summed E-state index contributed by atoms with van der Waals surface area (Å²) in [6.45, 7) is 6.14. The first-order valence-electron chi connectivity index (χ1n) is 9.92. The highest BCUT2D eigenvalue weighted by atomic mass is 16.2. The van der Waals surface area contributed by atoms with E-state index in [1.165, 1.54) is 18.5 Å². The summed E-state index contributed by atoms with van der Waals surface area (Å²) in [6, 6.07) is 8.39. The van der Waals surface area contributed by atoms with Crippen LogP contribution in [0.5, 0.6) is 0 Å². The van der Waals surface area contributed by atoms with Crippen LogP contribution in [0.3, 0.4) is 0 Å². The Morgan fingerprint density at radius 3 is 2.33 bits per heavy atom. The molecule has 0 atom stereocenters. The van der Waals surface area contributed by atoms with Crippen molar-refractivity contribution in [2.75, 3.05) is 36.4 Å². The molecule has 1 aromatic carbocycles. The first kappa shape index (κ1) is 17.8. The Morgan fingerprint density at radius 1 is 1.00 bits per heavy atom. The van der Waals surface area contributed by atoms with Gasteiger partial charge in [-0.25, -0.2) is 9.97 Å². The number of likely N-dealkylation sites (tertiary alicyclic amines) is 1. The summed E-state index contributed by atoms with van der Waals surface area (Å²) in [5.74, 6) is 1.33. The largest absolute Gasteiger partial charge is 0.372 e. The molecule has 2 aliphatic heterocycles. The van der Waals surface area contributed by atoms with Crippen molar-refractivity contribution >= 4 is 23.1 Å². The predicted molar refractivity (Wildman–Crippen MR) is 108 cm³/mol. The lowest BCUT2D eigenvalue weighted by Crippen LogP contribution is -2.38. The van der Waals surface area contributed by atoms with Gasteiger partial charge in [0.2, 0.25) is 0 Å². The third-order valence-corrected chi connectivity index (χ3v) is 5.55. The van der Waals surface area contributed by atoms with Crippen molar-refractivity contribution in [3.63, 3.8) is 0 Å². The van der Waals surface area contributed by atoms with E-state index >= 15 is 0 Å². The highest BCUT2D eigenvalue weighted by Crippen LogP contribution is 2.23. The van der Waals surface area contributed by atoms with E-state index in [4.69, 9.17) is 0 Å². The molecule has 0 radical (unpaired) electrons. The quantitative estimate of drug-likeness (QED) is 0.895. The minimum absolute atomic E-state index is 0.0177. The lowest BCUT2D eigenvalue weighted by Gasteiger charge is -2.29. The van der Waals surface area contributed by atoms with Gasteiger partial charge in [-0.05, 0) is 55.9 Å². The van der Waals surface area contributed by atoms with Crippen LogP contribution in [0.15, 0.2) is 36.7 Å². The molecule has 6 nitrogen and oxygen atoms in total. The van der Waals surface area contributed by atoms with Gasteiger partial charge in [0.1, 0.15) is 11.5 Å². The molecular weight excluding hydrogens is 338 g/mol. The van der Waals surface area contributed by atoms with E-state index in [-0.39, 0.29) is 5.91 Å². The summed E-state index contributed by atoms with van der Waals surface area (Å²) >= 11 is 0. The summed E-state index contributed by atoms with van der Waals surface area (Å²) < 4.78 is 0. The molecule has 0 bridgehead atoms. The number of hydrogen-bond acceptors (Lipinski definition) is 5. The summed E-state index contributed by atoms with van der Waals surface area (Å²) in [4.78, 5) is 25.5. The Kier molecular flexibility index (Phi) is 5.23. The van der Waals surface area contributed by atoms with Crippen molar-refractivity contribution in [2.45, 2.75) is 32.6 Å². The van der Waals surface area contributed by atoms with Crippen molar-refractivity contribution < 1.29 is 4.79 Å². The van der Waals surface area contributed by atoms with E-state index in [1.54, 1.807) is 12.4 Å². The van der Waals surface area contributed by atoms with Gasteiger partial charge in [0.25, 0.3) is 5.91 Å². The number of nitrogens with one attached hydrogen (secondary N) is 1. The van der Waals surface area contributed by atoms with Crippen molar-refractivity contribution in [1.29, 1.82) is 0 Å². The third kappa shape index (κ3) is 4.21. The molecule has 0 aliphatic carbocycles. The predicted octanol–water partition coefficient (Wildman–Crippen LogP) is 3.69. The molecule has 2 fully saturated rings. The van der Waals surface area contributed by atoms with Crippen LogP contribution in [0.4, 0.5) is 17.2 Å². The van der Waals surface area contributed by atoms with E-state index in [0.29, 0.717) is 17.4 Å². The Hall–Kier alpha value is -2.63. The number of rotatable bonds is 4. The van der Waals surface area contributed by atoms with Gasteiger partial charge in [-0.15, -0.1) is 0 Å². The molecule has 3 heterocycles. The molecule has 0 spiro atoms. The molecule has 0 unspecified atom stereocenters. The molecule has 142 valence electrons. The topological polar surface area (TPSA) is 61.4 Å². The van der Waals surface area contributed by atoms with Crippen molar-refractivity contribution in [2.24, 2.45) is 5.92 Å². The molecule has 1 N–H and O–H groups in total. The van der Waals surface area contributed by atoms with Gasteiger partial charge in [-0.1, -0.05) is 6.92 Å². The molecule has 2 aromatic rings. The second kappa shape index (κ2) is 7.94. The first-order valence-corrected chi connectivity index (χ1v) is 9.92. The Balaban J connectivity index is 1.36. The van der Waals surface area contributed by atoms with Gasteiger partial charge in [0.05, 0.1) is 12.4 Å². The number of hydrogen-bond donors (Lipinski definition) is 1. The monoisotopic (exact) mass is 365 g/mol. The van der Waals surface area contributed by atoms with E-state index in [1.807, 2.05) is 4.90 Å². The number of benzene rings is 1. The Labute approximate surface area is 160 Å². The van der Waals surface area contributed by atoms with Gasteiger partial charge in [-0.2, -0.15) is 0 Å². The molecule has 1 aromatic heterocycles. The molecule has 2 saturated heterocycles. The van der Waals surface area contributed by atoms with Crippen molar-refractivity contribution in [3.05, 3.63) is 42.4 Å². The second-order valence-electron chi connectivity index (χ2n) is 7.63. The summed E-state index contributed by atoms with van der Waals surface area (Å²) in [7, 11) is 0. The smallest absolute Gasteiger partial charge is 0.274 e. The lowest BCUT2D eigenvalue weighted by atomic mass is 9.99. The maximum atomic E-state index is 12.5. The zero-order valence-electron chi connectivity index (χ0n) is 15.9. The second-order valence-corrected chi connectivity index (χ2v) is 7.63. The summed E-state index contributed by atoms with van der Waals surface area (Å²) in [5.41, 5.74) is 2.65. The zero-order valence-corrected chi connectivity index (χ0v) is 15.9. The fourth-order valence-electron chi connectivity index (χ4n) is 3.76. The number of carbonyl (C=O) groups is 1. The van der Waals surface area contributed by atoms with Crippen LogP contribution in [0.25, 0.3) is 0 Å². The minimum Gasteiger partial charge on any atom is -0.372 e. The molecule has 2 aliphatic rings. The molecule has 1 amide bonds. The van der Waals surface area contributed by atoms with E-state index < -0.39 is 0 Å². The highest BCUT2D eigenvalue weighted by molar-refractivity contribution is 5.92. The van der Waals surface area contributed by atoms with Crippen LogP contribution in [-0.4, -0.2) is 47.0 Å². The molecule has 6 heteroatoms. The number of piperidine rings is 1. The van der Waals surface area contributed by atoms with Gasteiger partial charge in [0, 0.05) is 37.6 Å². The molecule has 4 rings (SSSR count). The highest BCUT2D eigenvalue weighted by Gasteiger charge is 2.22. The number of nitrogens with zero attached hydrogens (tertiary/aromatic N) is 4. The third-order valence-electron chi connectivity index (χ3n) is 5.55. The normalized spacial score (nSPS) is 18.0. The number of aromatic nitrogens is 2. The number of anilines is 3. The first-order chi connectivity index (χ1) is 13.2. The minimum atomic E-state index is -0.0177. The lowest BCUT2D eigenvalue weighted by molar-refractivity contribution is 0.0691. The van der Waals surface area contributed by atoms with Crippen LogP contribution in [0.2, 0.25) is 0 Å². The van der Waals surface area contributed by atoms with Crippen LogP contribution >= 0.6 is 0 Å². The van der Waals surface area contributed by atoms with Gasteiger partial charge in [-0.3, -0.25) is 4.79 Å². The van der Waals surface area contributed by atoms with Crippen LogP contribution < -0.4 is 10.2 Å². The molecular formula is C21H27N5O. The van der Waals surface area contributed by atoms with E-state index in [2.05, 4.69) is 51.4 Å². The van der Waals surface area contributed by atoms with Gasteiger partial charge >= 0.3 is 0 Å². The molecule has 27 heavy (non-hydrogen) atoms. The average Bonchev–Trinajstić information content (AvgIpc) is 3.24.